The first-order chi connectivity index (χ1) is 8.56. The van der Waals surface area contributed by atoms with Crippen LogP contribution >= 0.6 is 0 Å². The third-order valence-corrected chi connectivity index (χ3v) is 2.49. The molecule has 0 fully saturated rings. The number of rotatable bonds is 2. The molecule has 90 valence electrons. The lowest BCUT2D eigenvalue weighted by molar-refractivity contribution is -0.419. The lowest BCUT2D eigenvalue weighted by Gasteiger charge is -1.92. The van der Waals surface area contributed by atoms with E-state index in [0.29, 0.717) is 0 Å². The minimum absolute atomic E-state index is 0.0257. The quantitative estimate of drug-likeness (QED) is 0.420. The second kappa shape index (κ2) is 4.67. The first-order valence-electron chi connectivity index (χ1n) is 5.16. The molecule has 0 saturated heterocycles. The summed E-state index contributed by atoms with van der Waals surface area (Å²) in [5, 5.41) is 20.9. The number of hydrogen-bond donors (Lipinski definition) is 0. The van der Waals surface area contributed by atoms with Crippen molar-refractivity contribution in [2.24, 2.45) is 11.8 Å². The zero-order valence-corrected chi connectivity index (χ0v) is 9.15. The van der Waals surface area contributed by atoms with Gasteiger partial charge in [0.2, 0.25) is 0 Å². The number of hydrogen-bond acceptors (Lipinski definition) is 4. The topological polar surface area (TPSA) is 86.3 Å². The van der Waals surface area contributed by atoms with Gasteiger partial charge in [-0.15, -0.1) is 0 Å². The Bertz CT molecular complexity index is 537. The molecule has 0 N–H and O–H groups in total. The van der Waals surface area contributed by atoms with Crippen LogP contribution in [-0.4, -0.2) is 9.85 Å². The van der Waals surface area contributed by atoms with Gasteiger partial charge in [-0.05, 0) is 0 Å². The zero-order valence-electron chi connectivity index (χ0n) is 9.15. The van der Waals surface area contributed by atoms with Gasteiger partial charge >= 0.3 is 0 Å². The summed E-state index contributed by atoms with van der Waals surface area (Å²) in [6.07, 6.45) is 8.96. The van der Waals surface area contributed by atoms with Gasteiger partial charge < -0.3 is 0 Å². The van der Waals surface area contributed by atoms with Crippen LogP contribution in [0.5, 0.6) is 0 Å². The van der Waals surface area contributed by atoms with E-state index < -0.39 is 9.85 Å². The van der Waals surface area contributed by atoms with Gasteiger partial charge in [-0.3, -0.25) is 20.2 Å². The van der Waals surface area contributed by atoms with Gasteiger partial charge in [0.05, 0.1) is 21.7 Å². The Morgan fingerprint density at radius 3 is 1.56 bits per heavy atom. The standard InChI is InChI=1S/C12H8N2O4/c15-13(16)11-5-3-9(7-11)1-2-10-4-6-12(8-10)14(17)18/h3-10H. The lowest BCUT2D eigenvalue weighted by Crippen LogP contribution is -1.94. The molecule has 2 unspecified atom stereocenters. The number of nitro groups is 2. The van der Waals surface area contributed by atoms with Gasteiger partial charge in [0, 0.05) is 24.3 Å². The SMILES string of the molecule is O=[N+]([O-])C1=CC(C#CC2C=CC([N+](=O)[O-])=C2)C=C1. The molecule has 0 bridgehead atoms. The first kappa shape index (κ1) is 11.8. The van der Waals surface area contributed by atoms with Crippen molar-refractivity contribution in [1.82, 2.24) is 0 Å². The lowest BCUT2D eigenvalue weighted by atomic mass is 10.1. The molecule has 2 aliphatic carbocycles. The smallest absolute Gasteiger partial charge is 0.258 e. The zero-order chi connectivity index (χ0) is 13.1. The molecule has 0 saturated carbocycles. The molecule has 0 aromatic rings. The van der Waals surface area contributed by atoms with Crippen molar-refractivity contribution in [3.63, 3.8) is 0 Å². The van der Waals surface area contributed by atoms with Gasteiger partial charge in [0.15, 0.2) is 0 Å². The van der Waals surface area contributed by atoms with Crippen molar-refractivity contribution in [3.8, 4) is 11.8 Å². The Kier molecular flexibility index (Phi) is 3.06. The molecule has 6 heteroatoms. The van der Waals surface area contributed by atoms with Crippen LogP contribution in [0.25, 0.3) is 0 Å². The van der Waals surface area contributed by atoms with E-state index in [0.717, 1.165) is 0 Å². The van der Waals surface area contributed by atoms with Gasteiger partial charge in [-0.2, -0.15) is 0 Å². The fourth-order valence-corrected chi connectivity index (χ4v) is 1.61. The van der Waals surface area contributed by atoms with Crippen LogP contribution < -0.4 is 0 Å². The van der Waals surface area contributed by atoms with Gasteiger partial charge in [-0.1, -0.05) is 24.0 Å². The Hall–Kier alpha value is -2.68. The Morgan fingerprint density at radius 2 is 1.28 bits per heavy atom. The van der Waals surface area contributed by atoms with Crippen LogP contribution in [0.15, 0.2) is 47.9 Å². The van der Waals surface area contributed by atoms with Gasteiger partial charge in [0.1, 0.15) is 0 Å². The van der Waals surface area contributed by atoms with Crippen LogP contribution in [0.2, 0.25) is 0 Å². The molecule has 0 spiro atoms. The van der Waals surface area contributed by atoms with Crippen LogP contribution in [-0.2, 0) is 0 Å². The molecule has 0 heterocycles. The fourth-order valence-electron chi connectivity index (χ4n) is 1.61. The minimum Gasteiger partial charge on any atom is -0.258 e. The van der Waals surface area contributed by atoms with E-state index in [1.54, 1.807) is 12.2 Å². The largest absolute Gasteiger partial charge is 0.266 e. The highest BCUT2D eigenvalue weighted by Crippen LogP contribution is 2.18. The third-order valence-electron chi connectivity index (χ3n) is 2.49. The highest BCUT2D eigenvalue weighted by Gasteiger charge is 2.17. The molecule has 2 rings (SSSR count). The third kappa shape index (κ3) is 2.52. The molecule has 6 nitrogen and oxygen atoms in total. The summed E-state index contributed by atoms with van der Waals surface area (Å²) in [5.41, 5.74) is 0.0515. The Labute approximate surface area is 102 Å². The van der Waals surface area contributed by atoms with Gasteiger partial charge in [0.25, 0.3) is 11.4 Å². The van der Waals surface area contributed by atoms with Gasteiger partial charge in [-0.25, -0.2) is 0 Å². The van der Waals surface area contributed by atoms with E-state index in [4.69, 9.17) is 0 Å². The van der Waals surface area contributed by atoms with Crippen molar-refractivity contribution in [3.05, 3.63) is 68.1 Å². The number of allylic oxidation sites excluding steroid dienone is 6. The minimum atomic E-state index is -0.474. The van der Waals surface area contributed by atoms with E-state index in [2.05, 4.69) is 11.8 Å². The summed E-state index contributed by atoms with van der Waals surface area (Å²) >= 11 is 0. The van der Waals surface area contributed by atoms with Crippen LogP contribution in [0.4, 0.5) is 0 Å². The second-order valence-electron chi connectivity index (χ2n) is 3.76. The summed E-state index contributed by atoms with van der Waals surface area (Å²) in [4.78, 5) is 20.0. The Morgan fingerprint density at radius 1 is 0.889 bits per heavy atom. The maximum absolute atomic E-state index is 10.5. The van der Waals surface area contributed by atoms with Crippen LogP contribution in [0.1, 0.15) is 0 Å². The van der Waals surface area contributed by atoms with Crippen LogP contribution in [0.3, 0.4) is 0 Å². The summed E-state index contributed by atoms with van der Waals surface area (Å²) in [5.74, 6) is 5.07. The normalized spacial score (nSPS) is 24.2. The highest BCUT2D eigenvalue weighted by molar-refractivity contribution is 5.35. The number of nitrogens with zero attached hydrogens (tertiary/aromatic N) is 2. The molecular weight excluding hydrogens is 236 g/mol. The molecular formula is C12H8N2O4. The fraction of sp³-hybridized carbons (Fsp3) is 0.167. The van der Waals surface area contributed by atoms with Crippen molar-refractivity contribution in [2.75, 3.05) is 0 Å². The van der Waals surface area contributed by atoms with E-state index in [1.165, 1.54) is 24.3 Å². The van der Waals surface area contributed by atoms with Crippen LogP contribution in [0, 0.1) is 43.9 Å². The summed E-state index contributed by atoms with van der Waals surface area (Å²) in [7, 11) is 0. The maximum Gasteiger partial charge on any atom is 0.266 e. The van der Waals surface area contributed by atoms with Crippen molar-refractivity contribution in [1.29, 1.82) is 0 Å². The van der Waals surface area contributed by atoms with Crippen molar-refractivity contribution >= 4 is 0 Å². The van der Waals surface area contributed by atoms with Crippen molar-refractivity contribution < 1.29 is 9.85 Å². The maximum atomic E-state index is 10.5. The summed E-state index contributed by atoms with van der Waals surface area (Å²) in [6, 6.07) is 0. The van der Waals surface area contributed by atoms with Crippen molar-refractivity contribution in [2.45, 2.75) is 0 Å². The predicted octanol–water partition coefficient (Wildman–Crippen LogP) is 1.68. The second-order valence-corrected chi connectivity index (χ2v) is 3.76. The molecule has 0 aromatic carbocycles. The average molecular weight is 244 g/mol. The predicted molar refractivity (Wildman–Crippen MR) is 63.2 cm³/mol. The average Bonchev–Trinajstić information content (AvgIpc) is 2.95. The molecule has 18 heavy (non-hydrogen) atoms. The molecule has 0 aliphatic heterocycles. The molecule has 0 radical (unpaired) electrons. The molecule has 2 aliphatic rings. The summed E-state index contributed by atoms with van der Waals surface area (Å²) in [6.45, 7) is 0. The highest BCUT2D eigenvalue weighted by atomic mass is 16.6. The Balaban J connectivity index is 2.04. The summed E-state index contributed by atoms with van der Waals surface area (Å²) < 4.78 is 0. The molecule has 0 amide bonds. The molecule has 2 atom stereocenters. The first-order valence-corrected chi connectivity index (χ1v) is 5.16. The monoisotopic (exact) mass is 244 g/mol. The molecule has 0 aromatic heterocycles. The van der Waals surface area contributed by atoms with E-state index in [9.17, 15) is 20.2 Å². The van der Waals surface area contributed by atoms with E-state index in [1.807, 2.05) is 0 Å². The van der Waals surface area contributed by atoms with E-state index in [-0.39, 0.29) is 23.2 Å². The van der Waals surface area contributed by atoms with E-state index >= 15 is 0 Å².